The number of carbonyl (C=O) groups is 4. The molecule has 0 aliphatic heterocycles. The van der Waals surface area contributed by atoms with E-state index in [1.54, 1.807) is 12.1 Å². The number of aliphatic imine (C=N–C) groups is 1. The van der Waals surface area contributed by atoms with Crippen LogP contribution in [0, 0.1) is 0 Å². The van der Waals surface area contributed by atoms with Crippen LogP contribution in [0.3, 0.4) is 0 Å². The maximum absolute atomic E-state index is 12.8. The van der Waals surface area contributed by atoms with Crippen molar-refractivity contribution in [3.63, 3.8) is 0 Å². The molecular weight excluding hydrogens is 422 g/mol. The number of aliphatic carboxylic acids is 1. The van der Waals surface area contributed by atoms with Crippen LogP contribution in [-0.4, -0.2) is 71.6 Å². The van der Waals surface area contributed by atoms with E-state index >= 15 is 0 Å². The van der Waals surface area contributed by atoms with Gasteiger partial charge in [0.25, 0.3) is 0 Å². The second kappa shape index (κ2) is 13.4. The van der Waals surface area contributed by atoms with E-state index in [4.69, 9.17) is 17.2 Å². The van der Waals surface area contributed by atoms with Crippen LogP contribution in [-0.2, 0) is 25.6 Å². The summed E-state index contributed by atoms with van der Waals surface area (Å²) in [6.45, 7) is -0.516. The van der Waals surface area contributed by atoms with Crippen LogP contribution in [0.2, 0.25) is 0 Å². The molecule has 3 amide bonds. The van der Waals surface area contributed by atoms with Gasteiger partial charge in [0, 0.05) is 13.0 Å². The highest BCUT2D eigenvalue weighted by Crippen LogP contribution is 2.12. The number of nitrogens with one attached hydrogen (secondary N) is 3. The van der Waals surface area contributed by atoms with Crippen LogP contribution in [0.25, 0.3) is 0 Å². The fourth-order valence-electron chi connectivity index (χ4n) is 2.61. The number of phenolic OH excluding ortho intramolecular Hbond substituents is 1. The van der Waals surface area contributed by atoms with Crippen LogP contribution in [0.1, 0.15) is 18.4 Å². The van der Waals surface area contributed by atoms with E-state index in [0.717, 1.165) is 0 Å². The van der Waals surface area contributed by atoms with Gasteiger partial charge in [0.05, 0.1) is 13.1 Å². The summed E-state index contributed by atoms with van der Waals surface area (Å²) < 4.78 is 0. The fraction of sp³-hybridized carbons (Fsp3) is 0.421. The predicted molar refractivity (Wildman–Crippen MR) is 115 cm³/mol. The van der Waals surface area contributed by atoms with Crippen molar-refractivity contribution in [2.24, 2.45) is 22.2 Å². The zero-order valence-corrected chi connectivity index (χ0v) is 17.4. The average Bonchev–Trinajstić information content (AvgIpc) is 2.74. The lowest BCUT2D eigenvalue weighted by Crippen LogP contribution is -2.54. The van der Waals surface area contributed by atoms with Gasteiger partial charge < -0.3 is 43.4 Å². The predicted octanol–water partition coefficient (Wildman–Crippen LogP) is -2.88. The van der Waals surface area contributed by atoms with Gasteiger partial charge in [0.2, 0.25) is 17.7 Å². The first-order valence-corrected chi connectivity index (χ1v) is 9.75. The number of carboxylic acid groups (broad SMARTS) is 1. The standard InChI is InChI=1S/C19H29N7O6/c20-9-15(28)24-10-16(29)25-14(8-11-3-5-12(27)6-4-11)17(30)26-13(18(31)32)2-1-7-23-19(21)22/h3-6,13-14,27H,1-2,7-10,20H2,(H,24,28)(H,25,29)(H,26,30)(H,31,32)(H4,21,22,23)/t13-,14-/m1/s1. The van der Waals surface area contributed by atoms with E-state index in [0.29, 0.717) is 12.0 Å². The summed E-state index contributed by atoms with van der Waals surface area (Å²) in [6, 6.07) is 3.58. The van der Waals surface area contributed by atoms with Gasteiger partial charge in [-0.1, -0.05) is 12.1 Å². The Bertz CT molecular complexity index is 824. The minimum Gasteiger partial charge on any atom is -0.508 e. The van der Waals surface area contributed by atoms with Crippen molar-refractivity contribution in [2.75, 3.05) is 19.6 Å². The second-order valence-corrected chi connectivity index (χ2v) is 6.82. The summed E-state index contributed by atoms with van der Waals surface area (Å²) in [5.74, 6) is -3.30. The van der Waals surface area contributed by atoms with E-state index in [2.05, 4.69) is 20.9 Å². The molecule has 1 rings (SSSR count). The number of carbonyl (C=O) groups excluding carboxylic acids is 3. The summed E-state index contributed by atoms with van der Waals surface area (Å²) in [4.78, 5) is 51.5. The first-order valence-electron chi connectivity index (χ1n) is 9.75. The van der Waals surface area contributed by atoms with Crippen LogP contribution in [0.5, 0.6) is 5.75 Å². The molecule has 13 nitrogen and oxygen atoms in total. The van der Waals surface area contributed by atoms with Gasteiger partial charge in [-0.15, -0.1) is 0 Å². The maximum Gasteiger partial charge on any atom is 0.326 e. The Morgan fingerprint density at radius 1 is 1.00 bits per heavy atom. The average molecular weight is 451 g/mol. The minimum atomic E-state index is -1.26. The highest BCUT2D eigenvalue weighted by Gasteiger charge is 2.26. The molecule has 0 bridgehead atoms. The van der Waals surface area contributed by atoms with E-state index < -0.39 is 42.3 Å². The first-order chi connectivity index (χ1) is 15.1. The summed E-state index contributed by atoms with van der Waals surface area (Å²) in [5.41, 5.74) is 16.2. The van der Waals surface area contributed by atoms with Gasteiger partial charge in [-0.3, -0.25) is 19.4 Å². The zero-order valence-electron chi connectivity index (χ0n) is 17.4. The summed E-state index contributed by atoms with van der Waals surface area (Å²) >= 11 is 0. The van der Waals surface area contributed by atoms with Gasteiger partial charge in [-0.2, -0.15) is 0 Å². The number of phenols is 1. The molecular formula is C19H29N7O6. The van der Waals surface area contributed by atoms with Crippen molar-refractivity contribution in [1.29, 1.82) is 0 Å². The molecule has 32 heavy (non-hydrogen) atoms. The topological polar surface area (TPSA) is 235 Å². The molecule has 13 heteroatoms. The monoisotopic (exact) mass is 451 g/mol. The third kappa shape index (κ3) is 10.2. The van der Waals surface area contributed by atoms with Crippen molar-refractivity contribution in [1.82, 2.24) is 16.0 Å². The molecule has 11 N–H and O–H groups in total. The molecule has 0 saturated heterocycles. The SMILES string of the molecule is NCC(=O)NCC(=O)N[C@H](Cc1ccc(O)cc1)C(=O)N[C@H](CCCN=C(N)N)C(=O)O. The number of benzene rings is 1. The van der Waals surface area contributed by atoms with Crippen LogP contribution in [0.15, 0.2) is 29.3 Å². The molecule has 0 radical (unpaired) electrons. The van der Waals surface area contributed by atoms with Gasteiger partial charge in [-0.05, 0) is 30.5 Å². The quantitative estimate of drug-likeness (QED) is 0.0871. The van der Waals surface area contributed by atoms with Crippen LogP contribution < -0.4 is 33.2 Å². The molecule has 0 aliphatic carbocycles. The number of amides is 3. The third-order valence-corrected chi connectivity index (χ3v) is 4.22. The molecule has 0 aromatic heterocycles. The van der Waals surface area contributed by atoms with E-state index in [9.17, 15) is 29.4 Å². The summed E-state index contributed by atoms with van der Waals surface area (Å²) in [7, 11) is 0. The lowest BCUT2D eigenvalue weighted by atomic mass is 10.0. The number of nitrogens with zero attached hydrogens (tertiary/aromatic N) is 1. The molecule has 0 spiro atoms. The number of rotatable bonds is 13. The number of hydrogen-bond donors (Lipinski definition) is 8. The Hall–Kier alpha value is -3.87. The lowest BCUT2D eigenvalue weighted by Gasteiger charge is -2.22. The Morgan fingerprint density at radius 2 is 1.66 bits per heavy atom. The van der Waals surface area contributed by atoms with Crippen molar-refractivity contribution in [3.05, 3.63) is 29.8 Å². The van der Waals surface area contributed by atoms with Gasteiger partial charge >= 0.3 is 5.97 Å². The molecule has 1 aromatic carbocycles. The Kier molecular flexibility index (Phi) is 11.0. The van der Waals surface area contributed by atoms with Crippen LogP contribution in [0.4, 0.5) is 0 Å². The fourth-order valence-corrected chi connectivity index (χ4v) is 2.61. The molecule has 2 atom stereocenters. The maximum atomic E-state index is 12.8. The number of hydrogen-bond acceptors (Lipinski definition) is 7. The highest BCUT2D eigenvalue weighted by atomic mass is 16.4. The largest absolute Gasteiger partial charge is 0.508 e. The van der Waals surface area contributed by atoms with Crippen molar-refractivity contribution in [2.45, 2.75) is 31.3 Å². The van der Waals surface area contributed by atoms with E-state index in [-0.39, 0.29) is 37.6 Å². The molecule has 0 fully saturated rings. The first kappa shape index (κ1) is 26.2. The molecule has 176 valence electrons. The van der Waals surface area contributed by atoms with Crippen LogP contribution >= 0.6 is 0 Å². The highest BCUT2D eigenvalue weighted by molar-refractivity contribution is 5.92. The normalized spacial score (nSPS) is 12.2. The number of nitrogens with two attached hydrogens (primary N) is 3. The van der Waals surface area contributed by atoms with Gasteiger partial charge in [-0.25, -0.2) is 4.79 Å². The van der Waals surface area contributed by atoms with Crippen molar-refractivity contribution >= 4 is 29.7 Å². The number of aromatic hydroxyl groups is 1. The van der Waals surface area contributed by atoms with Gasteiger partial charge in [0.15, 0.2) is 5.96 Å². The number of carboxylic acids is 1. The van der Waals surface area contributed by atoms with Crippen molar-refractivity contribution < 1.29 is 29.4 Å². The van der Waals surface area contributed by atoms with E-state index in [1.165, 1.54) is 12.1 Å². The summed E-state index contributed by atoms with van der Waals surface area (Å²) in [6.07, 6.45) is 0.378. The molecule has 1 aromatic rings. The number of guanidine groups is 1. The minimum absolute atomic E-state index is 0.0169. The zero-order chi connectivity index (χ0) is 24.1. The molecule has 0 saturated carbocycles. The lowest BCUT2D eigenvalue weighted by molar-refractivity contribution is -0.142. The summed E-state index contributed by atoms with van der Waals surface area (Å²) in [5, 5.41) is 26.0. The second-order valence-electron chi connectivity index (χ2n) is 6.82. The van der Waals surface area contributed by atoms with Crippen molar-refractivity contribution in [3.8, 4) is 5.75 Å². The van der Waals surface area contributed by atoms with Gasteiger partial charge in [0.1, 0.15) is 17.8 Å². The van der Waals surface area contributed by atoms with E-state index in [1.807, 2.05) is 0 Å². The smallest absolute Gasteiger partial charge is 0.326 e. The molecule has 0 aliphatic rings. The Balaban J connectivity index is 2.86. The Morgan fingerprint density at radius 3 is 2.22 bits per heavy atom. The molecule has 0 unspecified atom stereocenters. The third-order valence-electron chi connectivity index (χ3n) is 4.22. The Labute approximate surface area is 184 Å². The molecule has 0 heterocycles.